The average Bonchev–Trinajstić information content (AvgIpc) is 2.48. The summed E-state index contributed by atoms with van der Waals surface area (Å²) in [5.74, 6) is 0. The van der Waals surface area contributed by atoms with E-state index in [4.69, 9.17) is 8.92 Å². The highest BCUT2D eigenvalue weighted by molar-refractivity contribution is 7.86. The summed E-state index contributed by atoms with van der Waals surface area (Å²) in [6, 6.07) is 5.95. The molecular weight excluding hydrogens is 316 g/mol. The molecule has 0 saturated carbocycles. The lowest BCUT2D eigenvalue weighted by Crippen LogP contribution is -2.58. The van der Waals surface area contributed by atoms with Gasteiger partial charge in [-0.15, -0.1) is 0 Å². The summed E-state index contributed by atoms with van der Waals surface area (Å²) < 4.78 is 33.6. The van der Waals surface area contributed by atoms with E-state index in [0.717, 1.165) is 5.56 Å². The van der Waals surface area contributed by atoms with Crippen LogP contribution in [0.2, 0.25) is 0 Å². The van der Waals surface area contributed by atoms with Gasteiger partial charge in [-0.3, -0.25) is 4.18 Å². The number of aliphatic hydroxyl groups excluding tert-OH is 4. The molecule has 1 heterocycles. The van der Waals surface area contributed by atoms with Crippen LogP contribution >= 0.6 is 0 Å². The lowest BCUT2D eigenvalue weighted by Gasteiger charge is -2.37. The quantitative estimate of drug-likeness (QED) is 0.489. The van der Waals surface area contributed by atoms with Crippen molar-refractivity contribution in [1.29, 1.82) is 0 Å². The second-order valence-electron chi connectivity index (χ2n) is 5.09. The van der Waals surface area contributed by atoms with Crippen LogP contribution in [0.5, 0.6) is 0 Å². The zero-order valence-corrected chi connectivity index (χ0v) is 12.5. The van der Waals surface area contributed by atoms with Crippen LogP contribution in [0.15, 0.2) is 29.2 Å². The third kappa shape index (κ3) is 3.63. The Balaban J connectivity index is 2.04. The van der Waals surface area contributed by atoms with E-state index in [-0.39, 0.29) is 4.90 Å². The lowest BCUT2D eigenvalue weighted by molar-refractivity contribution is -0.285. The van der Waals surface area contributed by atoms with Crippen LogP contribution in [0.3, 0.4) is 0 Å². The van der Waals surface area contributed by atoms with E-state index in [1.165, 1.54) is 12.1 Å². The van der Waals surface area contributed by atoms with Crippen LogP contribution in [-0.2, 0) is 19.0 Å². The van der Waals surface area contributed by atoms with Gasteiger partial charge in [0.1, 0.15) is 24.4 Å². The van der Waals surface area contributed by atoms with Crippen LogP contribution in [0.4, 0.5) is 0 Å². The maximum absolute atomic E-state index is 12.0. The van der Waals surface area contributed by atoms with E-state index in [2.05, 4.69) is 0 Å². The Bertz CT molecular complexity index is 599. The number of benzene rings is 1. The predicted molar refractivity (Wildman–Crippen MR) is 73.2 cm³/mol. The van der Waals surface area contributed by atoms with E-state index in [0.29, 0.717) is 0 Å². The molecule has 8 nitrogen and oxygen atoms in total. The average molecular weight is 334 g/mol. The number of ether oxygens (including phenoxy) is 1. The Morgan fingerprint density at radius 1 is 1.05 bits per heavy atom. The minimum atomic E-state index is -4.07. The maximum Gasteiger partial charge on any atom is 0.297 e. The van der Waals surface area contributed by atoms with Crippen molar-refractivity contribution in [1.82, 2.24) is 0 Å². The molecule has 3 unspecified atom stereocenters. The summed E-state index contributed by atoms with van der Waals surface area (Å²) in [5.41, 5.74) is 0.880. The van der Waals surface area contributed by atoms with Crippen LogP contribution in [-0.4, -0.2) is 66.2 Å². The molecule has 0 amide bonds. The Kier molecular flexibility index (Phi) is 5.17. The van der Waals surface area contributed by atoms with Crippen molar-refractivity contribution in [2.75, 3.05) is 6.61 Å². The zero-order chi connectivity index (χ0) is 16.5. The molecule has 1 aromatic rings. The van der Waals surface area contributed by atoms with Crippen molar-refractivity contribution in [3.8, 4) is 0 Å². The zero-order valence-electron chi connectivity index (χ0n) is 11.7. The van der Waals surface area contributed by atoms with Gasteiger partial charge in [0.15, 0.2) is 6.29 Å². The van der Waals surface area contributed by atoms with Gasteiger partial charge in [0.05, 0.1) is 11.5 Å². The fraction of sp³-hybridized carbons (Fsp3) is 0.538. The number of aliphatic hydroxyl groups is 4. The molecule has 1 aromatic carbocycles. The van der Waals surface area contributed by atoms with E-state index in [1.807, 2.05) is 0 Å². The summed E-state index contributed by atoms with van der Waals surface area (Å²) in [5, 5.41) is 37.9. The van der Waals surface area contributed by atoms with Crippen molar-refractivity contribution in [2.45, 2.75) is 42.5 Å². The highest BCUT2D eigenvalue weighted by Crippen LogP contribution is 2.21. The Hall–Kier alpha value is -1.07. The van der Waals surface area contributed by atoms with E-state index >= 15 is 0 Å². The van der Waals surface area contributed by atoms with Crippen LogP contribution in [0.25, 0.3) is 0 Å². The monoisotopic (exact) mass is 334 g/mol. The molecule has 0 aromatic heterocycles. The number of hydrogen-bond acceptors (Lipinski definition) is 8. The molecule has 1 saturated heterocycles. The first kappa shape index (κ1) is 17.3. The van der Waals surface area contributed by atoms with Gasteiger partial charge in [0.2, 0.25) is 0 Å². The van der Waals surface area contributed by atoms with Gasteiger partial charge < -0.3 is 25.2 Å². The molecular formula is C13H18O8S. The third-order valence-corrected chi connectivity index (χ3v) is 4.68. The summed E-state index contributed by atoms with van der Waals surface area (Å²) in [7, 11) is -4.07. The van der Waals surface area contributed by atoms with Gasteiger partial charge in [0.25, 0.3) is 10.1 Å². The summed E-state index contributed by atoms with van der Waals surface area (Å²) in [4.78, 5) is -0.0652. The highest BCUT2D eigenvalue weighted by Gasteiger charge is 2.43. The Morgan fingerprint density at radius 3 is 2.23 bits per heavy atom. The molecule has 0 spiro atoms. The smallest absolute Gasteiger partial charge is 0.297 e. The molecule has 4 N–H and O–H groups in total. The minimum Gasteiger partial charge on any atom is -0.387 e. The van der Waals surface area contributed by atoms with Crippen molar-refractivity contribution in [2.24, 2.45) is 0 Å². The van der Waals surface area contributed by atoms with Gasteiger partial charge in [-0.1, -0.05) is 17.7 Å². The first-order valence-electron chi connectivity index (χ1n) is 6.56. The Labute approximate surface area is 127 Å². The summed E-state index contributed by atoms with van der Waals surface area (Å²) in [6.45, 7) is 1.19. The first-order valence-corrected chi connectivity index (χ1v) is 7.97. The van der Waals surface area contributed by atoms with Crippen molar-refractivity contribution < 1.29 is 37.8 Å². The second-order valence-corrected chi connectivity index (χ2v) is 6.70. The molecule has 1 aliphatic heterocycles. The number of rotatable bonds is 4. The molecule has 1 fully saturated rings. The van der Waals surface area contributed by atoms with Crippen LogP contribution in [0, 0.1) is 6.92 Å². The Morgan fingerprint density at radius 2 is 1.64 bits per heavy atom. The van der Waals surface area contributed by atoms with Gasteiger partial charge in [-0.25, -0.2) is 0 Å². The first-order chi connectivity index (χ1) is 10.2. The van der Waals surface area contributed by atoms with Crippen LogP contribution < -0.4 is 0 Å². The lowest BCUT2D eigenvalue weighted by atomic mass is 10.00. The van der Waals surface area contributed by atoms with Crippen molar-refractivity contribution >= 4 is 10.1 Å². The normalized spacial score (nSPS) is 32.9. The highest BCUT2D eigenvalue weighted by atomic mass is 32.2. The molecule has 124 valence electrons. The molecule has 2 rings (SSSR count). The third-order valence-electron chi connectivity index (χ3n) is 3.38. The fourth-order valence-corrected chi connectivity index (χ4v) is 2.92. The number of aryl methyl sites for hydroxylation is 1. The summed E-state index contributed by atoms with van der Waals surface area (Å²) >= 11 is 0. The second kappa shape index (κ2) is 6.59. The fourth-order valence-electron chi connectivity index (χ4n) is 2.00. The van der Waals surface area contributed by atoms with Gasteiger partial charge in [0, 0.05) is 0 Å². The van der Waals surface area contributed by atoms with Crippen LogP contribution in [0.1, 0.15) is 5.56 Å². The predicted octanol–water partition coefficient (Wildman–Crippen LogP) is -1.50. The molecule has 1 aliphatic rings. The van der Waals surface area contributed by atoms with Crippen molar-refractivity contribution in [3.63, 3.8) is 0 Å². The molecule has 22 heavy (non-hydrogen) atoms. The summed E-state index contributed by atoms with van der Waals surface area (Å²) in [6.07, 6.45) is -7.98. The van der Waals surface area contributed by atoms with Gasteiger partial charge in [-0.05, 0) is 19.1 Å². The minimum absolute atomic E-state index is 0.0652. The molecule has 5 atom stereocenters. The maximum atomic E-state index is 12.0. The molecule has 0 aliphatic carbocycles. The topological polar surface area (TPSA) is 134 Å². The molecule has 0 bridgehead atoms. The van der Waals surface area contributed by atoms with E-state index in [1.54, 1.807) is 19.1 Å². The SMILES string of the molecule is Cc1ccc(S(=O)(=O)OCC2OC(O)C(O)[C@@H](O)[C@@H]2O)cc1. The standard InChI is InChI=1S/C13H18O8S/c1-7-2-4-8(5-3-7)22(18,19)20-6-9-10(14)11(15)12(16)13(17)21-9/h2-5,9-17H,6H2,1H3/t9?,10-,11+,12?,13?/m1/s1. The van der Waals surface area contributed by atoms with E-state index < -0.39 is 47.4 Å². The molecule has 9 heteroatoms. The van der Waals surface area contributed by atoms with Gasteiger partial charge in [-0.2, -0.15) is 8.42 Å². The number of hydrogen-bond donors (Lipinski definition) is 4. The molecule has 0 radical (unpaired) electrons. The van der Waals surface area contributed by atoms with Crippen molar-refractivity contribution in [3.05, 3.63) is 29.8 Å². The van der Waals surface area contributed by atoms with E-state index in [9.17, 15) is 28.8 Å². The largest absolute Gasteiger partial charge is 0.387 e. The van der Waals surface area contributed by atoms with Gasteiger partial charge >= 0.3 is 0 Å².